The maximum Gasteiger partial charge on any atom is 0.469 e. The van der Waals surface area contributed by atoms with Crippen molar-refractivity contribution in [2.75, 3.05) is 24.7 Å². The number of hydrogen-bond donors (Lipinski definition) is 4. The normalized spacial score (nSPS) is 26.5. The highest BCUT2D eigenvalue weighted by molar-refractivity contribution is 7.46. The van der Waals surface area contributed by atoms with Crippen LogP contribution in [0.5, 0.6) is 0 Å². The summed E-state index contributed by atoms with van der Waals surface area (Å²) in [5.74, 6) is -1.95. The van der Waals surface area contributed by atoms with Crippen LogP contribution in [0.1, 0.15) is 13.3 Å². The van der Waals surface area contributed by atoms with Crippen LogP contribution in [0.3, 0.4) is 0 Å². The van der Waals surface area contributed by atoms with Crippen LogP contribution in [0, 0.1) is 5.92 Å². The number of halogens is 1. The van der Waals surface area contributed by atoms with E-state index in [-0.39, 0.29) is 24.8 Å². The van der Waals surface area contributed by atoms with Crippen LogP contribution < -0.4 is 11.1 Å². The van der Waals surface area contributed by atoms with Gasteiger partial charge in [0.15, 0.2) is 17.0 Å². The summed E-state index contributed by atoms with van der Waals surface area (Å²) in [7, 11) is -3.10. The Balaban J connectivity index is 1.78. The molecular formula is C13H20FN6O5P. The number of rotatable bonds is 6. The molecule has 1 saturated heterocycles. The fourth-order valence-electron chi connectivity index (χ4n) is 3.00. The SMILES string of the molecule is CNc1nc(N)nc2c1ncn2C[C@@H]1O[C@](F)(COP(=O)(O)O)C[C@@H]1C. The summed E-state index contributed by atoms with van der Waals surface area (Å²) in [4.78, 5) is 30.0. The van der Waals surface area contributed by atoms with Gasteiger partial charge in [0.25, 0.3) is 0 Å². The Bertz CT molecular complexity index is 859. The quantitative estimate of drug-likeness (QED) is 0.516. The largest absolute Gasteiger partial charge is 0.469 e. The van der Waals surface area contributed by atoms with E-state index in [2.05, 4.69) is 24.8 Å². The van der Waals surface area contributed by atoms with Crippen LogP contribution in [0.25, 0.3) is 11.2 Å². The first kappa shape index (κ1) is 18.9. The van der Waals surface area contributed by atoms with Gasteiger partial charge in [-0.05, 0) is 5.92 Å². The molecule has 3 atom stereocenters. The fourth-order valence-corrected chi connectivity index (χ4v) is 3.36. The molecule has 26 heavy (non-hydrogen) atoms. The highest BCUT2D eigenvalue weighted by atomic mass is 31.2. The predicted molar refractivity (Wildman–Crippen MR) is 89.8 cm³/mol. The average molecular weight is 390 g/mol. The summed E-state index contributed by atoms with van der Waals surface area (Å²) >= 11 is 0. The zero-order valence-electron chi connectivity index (χ0n) is 14.2. The summed E-state index contributed by atoms with van der Waals surface area (Å²) in [6.45, 7) is 1.17. The van der Waals surface area contributed by atoms with Gasteiger partial charge < -0.3 is 30.1 Å². The van der Waals surface area contributed by atoms with E-state index >= 15 is 0 Å². The number of phosphoric acid groups is 1. The van der Waals surface area contributed by atoms with Gasteiger partial charge in [-0.1, -0.05) is 6.92 Å². The zero-order valence-corrected chi connectivity index (χ0v) is 15.1. The van der Waals surface area contributed by atoms with Crippen molar-refractivity contribution < 1.29 is 28.0 Å². The van der Waals surface area contributed by atoms with Crippen molar-refractivity contribution in [1.29, 1.82) is 0 Å². The summed E-state index contributed by atoms with van der Waals surface area (Å²) in [6, 6.07) is 0. The van der Waals surface area contributed by atoms with E-state index in [1.807, 2.05) is 0 Å². The molecule has 0 spiro atoms. The topological polar surface area (TPSA) is 158 Å². The molecule has 0 aromatic carbocycles. The number of fused-ring (bicyclic) bond motifs is 1. The number of nitrogens with two attached hydrogens (primary N) is 1. The standard InChI is InChI=1S/C13H20FN6O5P/c1-7-3-13(14,5-24-26(21,22)23)25-8(7)4-20-6-17-9-10(16-2)18-12(15)19-11(9)20/h6-8H,3-5H2,1-2H3,(H2,21,22,23)(H3,15,16,18,19)/t7-,8-,13-/m0/s1. The number of nitrogen functional groups attached to an aromatic ring is 1. The van der Waals surface area contributed by atoms with E-state index in [1.54, 1.807) is 18.5 Å². The fraction of sp³-hybridized carbons (Fsp3) is 0.615. The Hall–Kier alpha value is -1.85. The van der Waals surface area contributed by atoms with Gasteiger partial charge >= 0.3 is 7.82 Å². The van der Waals surface area contributed by atoms with E-state index in [1.165, 1.54) is 6.33 Å². The molecule has 13 heteroatoms. The highest BCUT2D eigenvalue weighted by Gasteiger charge is 2.46. The zero-order chi connectivity index (χ0) is 19.1. The Morgan fingerprint density at radius 3 is 2.96 bits per heavy atom. The van der Waals surface area contributed by atoms with Gasteiger partial charge in [0.1, 0.15) is 6.61 Å². The molecule has 1 fully saturated rings. The first-order chi connectivity index (χ1) is 12.1. The molecule has 5 N–H and O–H groups in total. The lowest BCUT2D eigenvalue weighted by molar-refractivity contribution is -0.160. The van der Waals surface area contributed by atoms with Gasteiger partial charge in [-0.25, -0.2) is 13.9 Å². The summed E-state index contributed by atoms with van der Waals surface area (Å²) < 4.78 is 36.8. The monoisotopic (exact) mass is 390 g/mol. The lowest BCUT2D eigenvalue weighted by atomic mass is 10.0. The molecule has 2 aromatic heterocycles. The van der Waals surface area contributed by atoms with Gasteiger partial charge in [-0.15, -0.1) is 0 Å². The van der Waals surface area contributed by atoms with Crippen LogP contribution in [0.2, 0.25) is 0 Å². The van der Waals surface area contributed by atoms with E-state index in [0.717, 1.165) is 0 Å². The van der Waals surface area contributed by atoms with Crippen molar-refractivity contribution in [3.63, 3.8) is 0 Å². The lowest BCUT2D eigenvalue weighted by Gasteiger charge is -2.21. The maximum atomic E-state index is 14.7. The van der Waals surface area contributed by atoms with Crippen LogP contribution >= 0.6 is 7.82 Å². The third-order valence-corrected chi connectivity index (χ3v) is 4.63. The molecule has 1 aliphatic rings. The first-order valence-corrected chi connectivity index (χ1v) is 9.36. The minimum Gasteiger partial charge on any atom is -0.371 e. The second-order valence-electron chi connectivity index (χ2n) is 6.23. The number of imidazole rings is 1. The maximum absolute atomic E-state index is 14.7. The molecule has 3 rings (SSSR count). The van der Waals surface area contributed by atoms with E-state index in [0.29, 0.717) is 17.0 Å². The Kier molecular flexibility index (Phi) is 4.88. The molecule has 11 nitrogen and oxygen atoms in total. The third kappa shape index (κ3) is 3.94. The number of anilines is 2. The number of nitrogens with one attached hydrogen (secondary N) is 1. The number of phosphoric ester groups is 1. The van der Waals surface area contributed by atoms with Crippen molar-refractivity contribution >= 4 is 30.8 Å². The molecule has 0 unspecified atom stereocenters. The van der Waals surface area contributed by atoms with Gasteiger partial charge in [-0.3, -0.25) is 4.52 Å². The summed E-state index contributed by atoms with van der Waals surface area (Å²) in [5.41, 5.74) is 6.69. The number of hydrogen-bond acceptors (Lipinski definition) is 8. The van der Waals surface area contributed by atoms with Crippen molar-refractivity contribution in [3.8, 4) is 0 Å². The smallest absolute Gasteiger partial charge is 0.371 e. The van der Waals surface area contributed by atoms with E-state index < -0.39 is 26.4 Å². The van der Waals surface area contributed by atoms with Crippen LogP contribution in [0.15, 0.2) is 6.33 Å². The molecular weight excluding hydrogens is 370 g/mol. The molecule has 3 heterocycles. The molecule has 0 bridgehead atoms. The Morgan fingerprint density at radius 1 is 1.58 bits per heavy atom. The summed E-state index contributed by atoms with van der Waals surface area (Å²) in [6.07, 6.45) is 0.912. The minimum atomic E-state index is -4.78. The van der Waals surface area contributed by atoms with Gasteiger partial charge in [-0.2, -0.15) is 9.97 Å². The highest BCUT2D eigenvalue weighted by Crippen LogP contribution is 2.43. The van der Waals surface area contributed by atoms with E-state index in [4.69, 9.17) is 20.3 Å². The van der Waals surface area contributed by atoms with Crippen LogP contribution in [-0.2, 0) is 20.4 Å². The molecule has 0 aliphatic carbocycles. The number of aromatic nitrogens is 4. The third-order valence-electron chi connectivity index (χ3n) is 4.17. The Morgan fingerprint density at radius 2 is 2.31 bits per heavy atom. The molecule has 144 valence electrons. The Labute approximate surface area is 148 Å². The second kappa shape index (κ2) is 6.71. The molecule has 1 aliphatic heterocycles. The van der Waals surface area contributed by atoms with Gasteiger partial charge in [0.05, 0.1) is 19.0 Å². The van der Waals surface area contributed by atoms with Crippen molar-refractivity contribution in [2.45, 2.75) is 31.8 Å². The molecule has 0 amide bonds. The van der Waals surface area contributed by atoms with E-state index in [9.17, 15) is 8.96 Å². The molecule has 2 aromatic rings. The van der Waals surface area contributed by atoms with Gasteiger partial charge in [0.2, 0.25) is 11.8 Å². The second-order valence-corrected chi connectivity index (χ2v) is 7.47. The lowest BCUT2D eigenvalue weighted by Crippen LogP contribution is -2.30. The molecule has 0 saturated carbocycles. The van der Waals surface area contributed by atoms with Crippen LogP contribution in [0.4, 0.5) is 16.2 Å². The van der Waals surface area contributed by atoms with Crippen LogP contribution in [-0.4, -0.2) is 54.9 Å². The number of nitrogens with zero attached hydrogens (tertiary/aromatic N) is 4. The first-order valence-electron chi connectivity index (χ1n) is 7.83. The summed E-state index contributed by atoms with van der Waals surface area (Å²) in [5, 5.41) is 2.88. The van der Waals surface area contributed by atoms with Gasteiger partial charge in [0, 0.05) is 13.5 Å². The minimum absolute atomic E-state index is 0.0524. The number of ether oxygens (including phenoxy) is 1. The average Bonchev–Trinajstić information content (AvgIpc) is 3.06. The molecule has 0 radical (unpaired) electrons. The van der Waals surface area contributed by atoms with Crippen molar-refractivity contribution in [3.05, 3.63) is 6.33 Å². The number of alkyl halides is 1. The van der Waals surface area contributed by atoms with Crippen molar-refractivity contribution in [2.24, 2.45) is 5.92 Å². The predicted octanol–water partition coefficient (Wildman–Crippen LogP) is 0.650. The van der Waals surface area contributed by atoms with Crippen molar-refractivity contribution in [1.82, 2.24) is 19.5 Å².